The van der Waals surface area contributed by atoms with Crippen molar-refractivity contribution in [2.75, 3.05) is 6.61 Å². The van der Waals surface area contributed by atoms with Crippen molar-refractivity contribution < 1.29 is 4.74 Å². The molecule has 0 bridgehead atoms. The zero-order valence-corrected chi connectivity index (χ0v) is 12.7. The maximum atomic E-state index is 6.16. The molecular weight excluding hydrogens is 292 g/mol. The molecule has 3 rings (SSSR count). The lowest BCUT2D eigenvalue weighted by Crippen LogP contribution is -2.15. The van der Waals surface area contributed by atoms with Crippen LogP contribution in [0.25, 0.3) is 0 Å². The van der Waals surface area contributed by atoms with E-state index in [0.29, 0.717) is 23.6 Å². The first-order chi connectivity index (χ1) is 9.81. The molecule has 5 heteroatoms. The van der Waals surface area contributed by atoms with Gasteiger partial charge in [0.1, 0.15) is 0 Å². The maximum absolute atomic E-state index is 6.16. The summed E-state index contributed by atoms with van der Waals surface area (Å²) < 4.78 is 5.71. The molecule has 106 valence electrons. The van der Waals surface area contributed by atoms with Gasteiger partial charge < -0.3 is 10.1 Å². The van der Waals surface area contributed by atoms with Gasteiger partial charge in [-0.25, -0.2) is 4.98 Å². The van der Waals surface area contributed by atoms with E-state index < -0.39 is 0 Å². The molecule has 20 heavy (non-hydrogen) atoms. The Kier molecular flexibility index (Phi) is 4.55. The van der Waals surface area contributed by atoms with Crippen LogP contribution < -0.4 is 10.1 Å². The smallest absolute Gasteiger partial charge is 0.213 e. The fourth-order valence-corrected chi connectivity index (χ4v) is 2.79. The van der Waals surface area contributed by atoms with Crippen molar-refractivity contribution in [1.29, 1.82) is 0 Å². The topological polar surface area (TPSA) is 34.1 Å². The van der Waals surface area contributed by atoms with Crippen LogP contribution in [0.1, 0.15) is 23.3 Å². The van der Waals surface area contributed by atoms with Crippen molar-refractivity contribution in [3.05, 3.63) is 45.2 Å². The van der Waals surface area contributed by atoms with E-state index in [1.54, 1.807) is 17.5 Å². The van der Waals surface area contributed by atoms with E-state index in [-0.39, 0.29) is 0 Å². The molecular formula is C15H17ClN2OS. The van der Waals surface area contributed by atoms with Gasteiger partial charge in [0.25, 0.3) is 0 Å². The van der Waals surface area contributed by atoms with E-state index in [0.717, 1.165) is 18.5 Å². The van der Waals surface area contributed by atoms with Gasteiger partial charge in [-0.2, -0.15) is 0 Å². The van der Waals surface area contributed by atoms with Crippen LogP contribution in [-0.2, 0) is 13.0 Å². The van der Waals surface area contributed by atoms with Gasteiger partial charge in [-0.15, -0.1) is 11.3 Å². The summed E-state index contributed by atoms with van der Waals surface area (Å²) in [6.45, 7) is 1.43. The van der Waals surface area contributed by atoms with E-state index in [2.05, 4.69) is 27.8 Å². The number of ether oxygens (including phenoxy) is 1. The Morgan fingerprint density at radius 3 is 3.10 bits per heavy atom. The van der Waals surface area contributed by atoms with Crippen molar-refractivity contribution in [1.82, 2.24) is 10.3 Å². The third-order valence-corrected chi connectivity index (χ3v) is 4.52. The van der Waals surface area contributed by atoms with Crippen LogP contribution in [0.3, 0.4) is 0 Å². The molecule has 1 saturated carbocycles. The summed E-state index contributed by atoms with van der Waals surface area (Å²) in [6, 6.07) is 6.78. The number of halogens is 1. The highest BCUT2D eigenvalue weighted by atomic mass is 35.5. The van der Waals surface area contributed by atoms with Gasteiger partial charge in [0.2, 0.25) is 5.88 Å². The lowest BCUT2D eigenvalue weighted by atomic mass is 10.2. The monoisotopic (exact) mass is 308 g/mol. The van der Waals surface area contributed by atoms with Crippen LogP contribution in [0.5, 0.6) is 5.88 Å². The highest BCUT2D eigenvalue weighted by molar-refractivity contribution is 7.09. The average Bonchev–Trinajstić information content (AvgIpc) is 3.14. The molecule has 0 aliphatic heterocycles. The minimum absolute atomic E-state index is 0.643. The number of thiophene rings is 1. The Morgan fingerprint density at radius 1 is 1.45 bits per heavy atom. The molecule has 3 nitrogen and oxygen atoms in total. The SMILES string of the molecule is Clc1cnc(OCCc2cccs2)cc1CNC1CC1. The van der Waals surface area contributed by atoms with E-state index >= 15 is 0 Å². The maximum Gasteiger partial charge on any atom is 0.213 e. The first kappa shape index (κ1) is 13.9. The van der Waals surface area contributed by atoms with Gasteiger partial charge in [0, 0.05) is 36.1 Å². The van der Waals surface area contributed by atoms with Crippen molar-refractivity contribution in [2.45, 2.75) is 31.8 Å². The van der Waals surface area contributed by atoms with Crippen molar-refractivity contribution in [3.63, 3.8) is 0 Å². The van der Waals surface area contributed by atoms with Crippen LogP contribution in [0, 0.1) is 0 Å². The van der Waals surface area contributed by atoms with Crippen LogP contribution in [0.2, 0.25) is 5.02 Å². The lowest BCUT2D eigenvalue weighted by molar-refractivity contribution is 0.310. The Hall–Kier alpha value is -1.10. The molecule has 0 unspecified atom stereocenters. The van der Waals surface area contributed by atoms with Crippen molar-refractivity contribution >= 4 is 22.9 Å². The Balaban J connectivity index is 1.53. The standard InChI is InChI=1S/C15H17ClN2OS/c16-14-10-18-15(8-11(14)9-17-12-3-4-12)19-6-5-13-2-1-7-20-13/h1-2,7-8,10,12,17H,3-6,9H2. The molecule has 2 aromatic heterocycles. The molecule has 1 fully saturated rings. The quantitative estimate of drug-likeness (QED) is 0.847. The number of hydrogen-bond acceptors (Lipinski definition) is 4. The minimum Gasteiger partial charge on any atom is -0.477 e. The molecule has 0 aromatic carbocycles. The largest absolute Gasteiger partial charge is 0.477 e. The number of pyridine rings is 1. The van der Waals surface area contributed by atoms with Crippen LogP contribution in [-0.4, -0.2) is 17.6 Å². The van der Waals surface area contributed by atoms with E-state index in [1.165, 1.54) is 17.7 Å². The number of nitrogens with zero attached hydrogens (tertiary/aromatic N) is 1. The number of hydrogen-bond donors (Lipinski definition) is 1. The predicted octanol–water partition coefficient (Wildman–Crippen LogP) is 3.67. The Bertz CT molecular complexity index is 555. The van der Waals surface area contributed by atoms with E-state index in [1.807, 2.05) is 6.07 Å². The zero-order valence-electron chi connectivity index (χ0n) is 11.1. The molecule has 1 N–H and O–H groups in total. The summed E-state index contributed by atoms with van der Waals surface area (Å²) in [4.78, 5) is 5.55. The lowest BCUT2D eigenvalue weighted by Gasteiger charge is -2.09. The average molecular weight is 309 g/mol. The molecule has 2 heterocycles. The Labute approximate surface area is 127 Å². The normalized spacial score (nSPS) is 14.4. The van der Waals surface area contributed by atoms with Gasteiger partial charge in [0.15, 0.2) is 0 Å². The van der Waals surface area contributed by atoms with Crippen molar-refractivity contribution in [2.24, 2.45) is 0 Å². The van der Waals surface area contributed by atoms with Gasteiger partial charge in [0.05, 0.1) is 11.6 Å². The Morgan fingerprint density at radius 2 is 2.35 bits per heavy atom. The molecule has 0 amide bonds. The zero-order chi connectivity index (χ0) is 13.8. The summed E-state index contributed by atoms with van der Waals surface area (Å²) in [7, 11) is 0. The van der Waals surface area contributed by atoms with Crippen LogP contribution >= 0.6 is 22.9 Å². The van der Waals surface area contributed by atoms with Crippen molar-refractivity contribution in [3.8, 4) is 5.88 Å². The highest BCUT2D eigenvalue weighted by Crippen LogP contribution is 2.23. The number of nitrogens with one attached hydrogen (secondary N) is 1. The molecule has 1 aliphatic rings. The fourth-order valence-electron chi connectivity index (χ4n) is 1.93. The number of rotatable bonds is 7. The summed E-state index contributed by atoms with van der Waals surface area (Å²) in [5.41, 5.74) is 1.06. The molecule has 0 atom stereocenters. The van der Waals surface area contributed by atoms with Gasteiger partial charge in [-0.3, -0.25) is 0 Å². The predicted molar refractivity (Wildman–Crippen MR) is 82.6 cm³/mol. The fraction of sp³-hybridized carbons (Fsp3) is 0.400. The third kappa shape index (κ3) is 3.95. The van der Waals surface area contributed by atoms with E-state index in [4.69, 9.17) is 16.3 Å². The second-order valence-electron chi connectivity index (χ2n) is 4.95. The van der Waals surface area contributed by atoms with Crippen LogP contribution in [0.15, 0.2) is 29.8 Å². The summed E-state index contributed by atoms with van der Waals surface area (Å²) in [5.74, 6) is 0.651. The van der Waals surface area contributed by atoms with E-state index in [9.17, 15) is 0 Å². The second kappa shape index (κ2) is 6.57. The molecule has 1 aliphatic carbocycles. The minimum atomic E-state index is 0.643. The summed E-state index contributed by atoms with van der Waals surface area (Å²) in [5, 5.41) is 6.23. The molecule has 2 aromatic rings. The molecule has 0 spiro atoms. The molecule has 0 saturated heterocycles. The van der Waals surface area contributed by atoms with Gasteiger partial charge in [-0.05, 0) is 29.9 Å². The first-order valence-electron chi connectivity index (χ1n) is 6.84. The van der Waals surface area contributed by atoms with Gasteiger partial charge in [-0.1, -0.05) is 17.7 Å². The number of aromatic nitrogens is 1. The van der Waals surface area contributed by atoms with Gasteiger partial charge >= 0.3 is 0 Å². The van der Waals surface area contributed by atoms with Crippen LogP contribution in [0.4, 0.5) is 0 Å². The second-order valence-corrected chi connectivity index (χ2v) is 6.39. The summed E-state index contributed by atoms with van der Waals surface area (Å²) in [6.07, 6.45) is 5.13. The molecule has 0 radical (unpaired) electrons. The highest BCUT2D eigenvalue weighted by Gasteiger charge is 2.20. The summed E-state index contributed by atoms with van der Waals surface area (Å²) >= 11 is 7.91. The first-order valence-corrected chi connectivity index (χ1v) is 8.10. The third-order valence-electron chi connectivity index (χ3n) is 3.25.